The van der Waals surface area contributed by atoms with Crippen molar-refractivity contribution in [3.63, 3.8) is 0 Å². The molecule has 0 aromatic heterocycles. The molecule has 0 aliphatic carbocycles. The van der Waals surface area contributed by atoms with Gasteiger partial charge in [0.15, 0.2) is 0 Å². The van der Waals surface area contributed by atoms with Gasteiger partial charge in [0.1, 0.15) is 0 Å². The van der Waals surface area contributed by atoms with Gasteiger partial charge >= 0.3 is 5.97 Å². The van der Waals surface area contributed by atoms with Crippen LogP contribution >= 0.6 is 0 Å². The summed E-state index contributed by atoms with van der Waals surface area (Å²) in [4.78, 5) is 22.3. The van der Waals surface area contributed by atoms with Crippen LogP contribution in [0.25, 0.3) is 0 Å². The lowest BCUT2D eigenvalue weighted by Gasteiger charge is -2.14. The Morgan fingerprint density at radius 3 is 2.38 bits per heavy atom. The average molecular weight is 356 g/mol. The summed E-state index contributed by atoms with van der Waals surface area (Å²) in [5.41, 5.74) is 1.61. The minimum atomic E-state index is -3.40. The van der Waals surface area contributed by atoms with Gasteiger partial charge in [-0.1, -0.05) is 13.0 Å². The van der Waals surface area contributed by atoms with E-state index in [1.165, 1.54) is 0 Å². The molecule has 0 spiro atoms. The third-order valence-electron chi connectivity index (χ3n) is 3.39. The number of hydrogen-bond acceptors (Lipinski definition) is 4. The van der Waals surface area contributed by atoms with Crippen molar-refractivity contribution in [1.29, 1.82) is 0 Å². The molecule has 0 fully saturated rings. The Kier molecular flexibility index (Phi) is 7.70. The van der Waals surface area contributed by atoms with Gasteiger partial charge in [-0.05, 0) is 43.9 Å². The van der Waals surface area contributed by atoms with Crippen LogP contribution in [0.3, 0.4) is 0 Å². The predicted octanol–water partition coefficient (Wildman–Crippen LogP) is 2.73. The van der Waals surface area contributed by atoms with Gasteiger partial charge in [-0.3, -0.25) is 14.3 Å². The third kappa shape index (κ3) is 6.99. The van der Waals surface area contributed by atoms with Gasteiger partial charge in [0.2, 0.25) is 15.9 Å². The summed E-state index contributed by atoms with van der Waals surface area (Å²) in [6, 6.07) is 5.00. The van der Waals surface area contributed by atoms with Crippen molar-refractivity contribution in [2.24, 2.45) is 0 Å². The number of nitrogens with one attached hydrogen (secondary N) is 2. The van der Waals surface area contributed by atoms with E-state index in [4.69, 9.17) is 5.11 Å². The molecule has 0 heterocycles. The van der Waals surface area contributed by atoms with Crippen molar-refractivity contribution in [1.82, 2.24) is 0 Å². The molecule has 0 bridgehead atoms. The van der Waals surface area contributed by atoms with Crippen LogP contribution in [0.15, 0.2) is 18.2 Å². The number of sulfonamides is 1. The number of carbonyl (C=O) groups excluding carboxylic acids is 1. The first-order chi connectivity index (χ1) is 11.2. The normalized spacial score (nSPS) is 11.1. The van der Waals surface area contributed by atoms with Crippen LogP contribution < -0.4 is 10.0 Å². The molecule has 0 atom stereocenters. The van der Waals surface area contributed by atoms with Crippen molar-refractivity contribution in [3.8, 4) is 0 Å². The van der Waals surface area contributed by atoms with Crippen LogP contribution in [0.2, 0.25) is 0 Å². The molecule has 0 aliphatic heterocycles. The molecule has 1 rings (SSSR count). The summed E-state index contributed by atoms with van der Waals surface area (Å²) < 4.78 is 26.3. The molecule has 0 radical (unpaired) electrons. The molecule has 0 aliphatic rings. The molecule has 0 unspecified atom stereocenters. The zero-order valence-electron chi connectivity index (χ0n) is 14.0. The Labute approximate surface area is 142 Å². The Balaban J connectivity index is 2.68. The van der Waals surface area contributed by atoms with Crippen LogP contribution in [0, 0.1) is 6.92 Å². The van der Waals surface area contributed by atoms with Gasteiger partial charge in [-0.25, -0.2) is 8.42 Å². The maximum atomic E-state index is 11.9. The van der Waals surface area contributed by atoms with E-state index in [1.807, 2.05) is 0 Å². The van der Waals surface area contributed by atoms with Gasteiger partial charge < -0.3 is 10.4 Å². The third-order valence-corrected chi connectivity index (χ3v) is 4.87. The van der Waals surface area contributed by atoms with E-state index in [-0.39, 0.29) is 24.5 Å². The molecule has 1 amide bonds. The molecule has 0 saturated carbocycles. The second-order valence-electron chi connectivity index (χ2n) is 5.55. The van der Waals surface area contributed by atoms with E-state index in [2.05, 4.69) is 10.0 Å². The summed E-state index contributed by atoms with van der Waals surface area (Å²) in [6.07, 6.45) is 1.71. The van der Waals surface area contributed by atoms with E-state index in [1.54, 1.807) is 32.0 Å². The summed E-state index contributed by atoms with van der Waals surface area (Å²) in [5.74, 6) is -1.07. The molecular weight excluding hydrogens is 332 g/mol. The first kappa shape index (κ1) is 20.0. The van der Waals surface area contributed by atoms with Crippen LogP contribution in [0.4, 0.5) is 11.4 Å². The second-order valence-corrected chi connectivity index (χ2v) is 7.39. The highest BCUT2D eigenvalue weighted by Crippen LogP contribution is 2.24. The van der Waals surface area contributed by atoms with Crippen molar-refractivity contribution < 1.29 is 23.1 Å². The fourth-order valence-corrected chi connectivity index (χ4v) is 3.34. The molecule has 24 heavy (non-hydrogen) atoms. The SMILES string of the molecule is CCCS(=O)(=O)Nc1cccc(NC(=O)CCCCC(=O)O)c1C. The number of carboxylic acids is 1. The van der Waals surface area contributed by atoms with E-state index in [9.17, 15) is 18.0 Å². The lowest BCUT2D eigenvalue weighted by molar-refractivity contribution is -0.137. The van der Waals surface area contributed by atoms with Gasteiger partial charge in [-0.2, -0.15) is 0 Å². The highest BCUT2D eigenvalue weighted by Gasteiger charge is 2.13. The van der Waals surface area contributed by atoms with Crippen LogP contribution in [0.1, 0.15) is 44.6 Å². The van der Waals surface area contributed by atoms with Gasteiger partial charge in [0, 0.05) is 18.5 Å². The monoisotopic (exact) mass is 356 g/mol. The maximum Gasteiger partial charge on any atom is 0.303 e. The zero-order valence-corrected chi connectivity index (χ0v) is 14.8. The van der Waals surface area contributed by atoms with Gasteiger partial charge in [0.05, 0.1) is 11.4 Å². The number of aliphatic carboxylic acids is 1. The molecule has 7 nitrogen and oxygen atoms in total. The molecular formula is C16H24N2O5S. The van der Waals surface area contributed by atoms with Gasteiger partial charge in [-0.15, -0.1) is 0 Å². The van der Waals surface area contributed by atoms with Crippen molar-refractivity contribution in [2.45, 2.75) is 46.0 Å². The summed E-state index contributed by atoms with van der Waals surface area (Å²) >= 11 is 0. The fraction of sp³-hybridized carbons (Fsp3) is 0.500. The van der Waals surface area contributed by atoms with E-state index in [0.717, 1.165) is 0 Å². The standard InChI is InChI=1S/C16H24N2O5S/c1-3-11-24(22,23)18-14-8-6-7-13(12(14)2)17-15(19)9-4-5-10-16(20)21/h6-8,18H,3-5,9-11H2,1-2H3,(H,17,19)(H,20,21). The first-order valence-corrected chi connectivity index (χ1v) is 9.52. The second kappa shape index (κ2) is 9.27. The van der Waals surface area contributed by atoms with Crippen molar-refractivity contribution in [3.05, 3.63) is 23.8 Å². The van der Waals surface area contributed by atoms with Crippen LogP contribution in [-0.4, -0.2) is 31.2 Å². The number of carboxylic acid groups (broad SMARTS) is 1. The molecule has 1 aromatic rings. The largest absolute Gasteiger partial charge is 0.481 e. The Morgan fingerprint density at radius 2 is 1.75 bits per heavy atom. The number of rotatable bonds is 10. The Hall–Kier alpha value is -2.09. The smallest absolute Gasteiger partial charge is 0.303 e. The summed E-state index contributed by atoms with van der Waals surface area (Å²) in [7, 11) is -3.40. The van der Waals surface area contributed by atoms with E-state index >= 15 is 0 Å². The molecule has 134 valence electrons. The molecule has 0 saturated heterocycles. The minimum Gasteiger partial charge on any atom is -0.481 e. The van der Waals surface area contributed by atoms with E-state index < -0.39 is 16.0 Å². The number of carbonyl (C=O) groups is 2. The minimum absolute atomic E-state index is 0.0343. The average Bonchev–Trinajstić information content (AvgIpc) is 2.47. The lowest BCUT2D eigenvalue weighted by atomic mass is 10.1. The zero-order chi connectivity index (χ0) is 18.2. The highest BCUT2D eigenvalue weighted by atomic mass is 32.2. The predicted molar refractivity (Wildman–Crippen MR) is 93.6 cm³/mol. The Bertz CT molecular complexity index is 686. The number of unbranched alkanes of at least 4 members (excludes halogenated alkanes) is 1. The van der Waals surface area contributed by atoms with Gasteiger partial charge in [0.25, 0.3) is 0 Å². The molecule has 1 aromatic carbocycles. The topological polar surface area (TPSA) is 113 Å². The lowest BCUT2D eigenvalue weighted by Crippen LogP contribution is -2.18. The van der Waals surface area contributed by atoms with Crippen LogP contribution in [0.5, 0.6) is 0 Å². The summed E-state index contributed by atoms with van der Waals surface area (Å²) in [5, 5.41) is 11.3. The fourth-order valence-electron chi connectivity index (χ4n) is 2.14. The first-order valence-electron chi connectivity index (χ1n) is 7.87. The number of anilines is 2. The maximum absolute atomic E-state index is 11.9. The molecule has 8 heteroatoms. The summed E-state index contributed by atoms with van der Waals surface area (Å²) in [6.45, 7) is 3.51. The van der Waals surface area contributed by atoms with Crippen molar-refractivity contribution in [2.75, 3.05) is 15.8 Å². The van der Waals surface area contributed by atoms with E-state index in [0.29, 0.717) is 36.2 Å². The Morgan fingerprint density at radius 1 is 1.12 bits per heavy atom. The number of hydrogen-bond donors (Lipinski definition) is 3. The quantitative estimate of drug-likeness (QED) is 0.558. The molecule has 3 N–H and O–H groups in total. The number of amides is 1. The van der Waals surface area contributed by atoms with Crippen LogP contribution in [-0.2, 0) is 19.6 Å². The highest BCUT2D eigenvalue weighted by molar-refractivity contribution is 7.92. The van der Waals surface area contributed by atoms with Crippen molar-refractivity contribution >= 4 is 33.3 Å². The number of benzene rings is 1.